The smallest absolute Gasteiger partial charge is 0.549 e. The van der Waals surface area contributed by atoms with Crippen molar-refractivity contribution in [1.29, 1.82) is 0 Å². The van der Waals surface area contributed by atoms with Gasteiger partial charge in [0.05, 0.1) is 11.7 Å². The number of carboxylic acid groups (broad SMARTS) is 1. The van der Waals surface area contributed by atoms with Gasteiger partial charge in [-0.3, -0.25) is 4.79 Å². The van der Waals surface area contributed by atoms with Crippen LogP contribution in [0.4, 0.5) is 0 Å². The van der Waals surface area contributed by atoms with Crippen molar-refractivity contribution in [3.05, 3.63) is 29.3 Å². The van der Waals surface area contributed by atoms with E-state index in [-0.39, 0.29) is 52.9 Å². The molecular weight excluding hydrogens is 311 g/mol. The summed E-state index contributed by atoms with van der Waals surface area (Å²) in [6.45, 7) is 8.17. The summed E-state index contributed by atoms with van der Waals surface area (Å²) < 4.78 is 5.51. The Morgan fingerprint density at radius 2 is 1.59 bits per heavy atom. The summed E-state index contributed by atoms with van der Waals surface area (Å²) in [5, 5.41) is 10.3. The standard InChI is InChI=1S/C16H22O4S.Na/c1-10(2)12-6-5-7-13(11(3)4)16(12)20-15(19)9-21-8-14(17)18;/h5-7,10-11H,8-9H2,1-4H3,(H,17,18);/q;+1/p-1. The SMILES string of the molecule is CC(C)c1cccc(C(C)C)c1OC(=O)CSCC(=O)[O-].[Na+]. The molecule has 0 bridgehead atoms. The van der Waals surface area contributed by atoms with Crippen LogP contribution >= 0.6 is 11.8 Å². The van der Waals surface area contributed by atoms with E-state index in [4.69, 9.17) is 4.74 Å². The molecule has 0 aromatic heterocycles. The monoisotopic (exact) mass is 332 g/mol. The van der Waals surface area contributed by atoms with Gasteiger partial charge in [0.1, 0.15) is 5.75 Å². The van der Waals surface area contributed by atoms with Crippen molar-refractivity contribution in [3.63, 3.8) is 0 Å². The molecule has 6 heteroatoms. The third-order valence-corrected chi connectivity index (χ3v) is 3.86. The first-order chi connectivity index (χ1) is 9.82. The van der Waals surface area contributed by atoms with Crippen LogP contribution in [0.2, 0.25) is 0 Å². The van der Waals surface area contributed by atoms with Gasteiger partial charge >= 0.3 is 35.5 Å². The Hall–Kier alpha value is -0.490. The van der Waals surface area contributed by atoms with E-state index in [1.165, 1.54) is 0 Å². The van der Waals surface area contributed by atoms with Crippen LogP contribution < -0.4 is 39.4 Å². The number of aliphatic carboxylic acids is 1. The molecule has 0 spiro atoms. The van der Waals surface area contributed by atoms with Gasteiger partial charge in [-0.05, 0) is 23.0 Å². The number of rotatable bonds is 7. The minimum Gasteiger partial charge on any atom is -0.549 e. The number of carbonyl (C=O) groups excluding carboxylic acids is 2. The number of hydrogen-bond donors (Lipinski definition) is 0. The van der Waals surface area contributed by atoms with Gasteiger partial charge in [-0.1, -0.05) is 45.9 Å². The van der Waals surface area contributed by atoms with E-state index in [1.54, 1.807) is 0 Å². The molecule has 1 aromatic carbocycles. The second-order valence-corrected chi connectivity index (χ2v) is 6.40. The third-order valence-electron chi connectivity index (χ3n) is 2.98. The van der Waals surface area contributed by atoms with E-state index in [1.807, 2.05) is 45.9 Å². The maximum absolute atomic E-state index is 11.9. The van der Waals surface area contributed by atoms with Gasteiger partial charge in [-0.15, -0.1) is 11.8 Å². The van der Waals surface area contributed by atoms with E-state index in [0.29, 0.717) is 5.75 Å². The van der Waals surface area contributed by atoms with Crippen molar-refractivity contribution < 1.29 is 49.0 Å². The van der Waals surface area contributed by atoms with E-state index < -0.39 is 11.9 Å². The molecular formula is C16H21NaO4S. The Morgan fingerprint density at radius 3 is 2.00 bits per heavy atom. The summed E-state index contributed by atoms with van der Waals surface area (Å²) in [5.41, 5.74) is 1.97. The number of benzene rings is 1. The molecule has 0 aliphatic carbocycles. The topological polar surface area (TPSA) is 66.4 Å². The van der Waals surface area contributed by atoms with Crippen molar-refractivity contribution in [2.75, 3.05) is 11.5 Å². The molecule has 0 heterocycles. The van der Waals surface area contributed by atoms with Crippen LogP contribution in [0.1, 0.15) is 50.7 Å². The molecule has 0 aliphatic rings. The molecule has 22 heavy (non-hydrogen) atoms. The largest absolute Gasteiger partial charge is 1.00 e. The zero-order valence-electron chi connectivity index (χ0n) is 13.8. The Labute approximate surface area is 158 Å². The normalized spacial score (nSPS) is 10.5. The molecule has 1 rings (SSSR count). The molecule has 0 unspecified atom stereocenters. The number of esters is 1. The van der Waals surface area contributed by atoms with Crippen molar-refractivity contribution in [1.82, 2.24) is 0 Å². The van der Waals surface area contributed by atoms with Crippen molar-refractivity contribution in [2.45, 2.75) is 39.5 Å². The first-order valence-corrected chi connectivity index (χ1v) is 8.09. The maximum atomic E-state index is 11.9. The minimum atomic E-state index is -1.18. The number of carbonyl (C=O) groups is 2. The fourth-order valence-electron chi connectivity index (χ4n) is 1.96. The molecule has 0 saturated carbocycles. The second kappa shape index (κ2) is 10.3. The van der Waals surface area contributed by atoms with Crippen molar-refractivity contribution in [2.24, 2.45) is 0 Å². The number of para-hydroxylation sites is 1. The summed E-state index contributed by atoms with van der Waals surface area (Å²) in [5.74, 6) is -0.739. The summed E-state index contributed by atoms with van der Waals surface area (Å²) in [6.07, 6.45) is 0. The number of hydrogen-bond acceptors (Lipinski definition) is 5. The fourth-order valence-corrected chi connectivity index (χ4v) is 2.46. The molecule has 4 nitrogen and oxygen atoms in total. The number of carboxylic acids is 1. The van der Waals surface area contributed by atoms with Gasteiger partial charge in [-0.25, -0.2) is 0 Å². The molecule has 0 fully saturated rings. The predicted molar refractivity (Wildman–Crippen MR) is 82.6 cm³/mol. The average Bonchev–Trinajstić information content (AvgIpc) is 2.37. The van der Waals surface area contributed by atoms with Gasteiger partial charge in [0.25, 0.3) is 0 Å². The maximum Gasteiger partial charge on any atom is 1.00 e. The Bertz CT molecular complexity index is 489. The molecule has 0 N–H and O–H groups in total. The van der Waals surface area contributed by atoms with Crippen molar-refractivity contribution in [3.8, 4) is 5.75 Å². The molecule has 1 aromatic rings. The Morgan fingerprint density at radius 1 is 1.09 bits per heavy atom. The zero-order chi connectivity index (χ0) is 16.0. The van der Waals surface area contributed by atoms with E-state index in [9.17, 15) is 14.7 Å². The Kier molecular flexibility index (Phi) is 10.1. The van der Waals surface area contributed by atoms with Crippen LogP contribution in [0.5, 0.6) is 5.75 Å². The van der Waals surface area contributed by atoms with Crippen LogP contribution in [0.15, 0.2) is 18.2 Å². The zero-order valence-corrected chi connectivity index (χ0v) is 16.7. The van der Waals surface area contributed by atoms with Crippen LogP contribution in [0.25, 0.3) is 0 Å². The first kappa shape index (κ1) is 21.5. The summed E-state index contributed by atoms with van der Waals surface area (Å²) in [6, 6.07) is 5.87. The van der Waals surface area contributed by atoms with Crippen LogP contribution in [-0.2, 0) is 9.59 Å². The summed E-state index contributed by atoms with van der Waals surface area (Å²) in [7, 11) is 0. The molecule has 0 aliphatic heterocycles. The number of thioether (sulfide) groups is 1. The first-order valence-electron chi connectivity index (χ1n) is 6.94. The molecule has 0 atom stereocenters. The van der Waals surface area contributed by atoms with E-state index >= 15 is 0 Å². The molecule has 116 valence electrons. The van der Waals surface area contributed by atoms with Gasteiger partial charge in [-0.2, -0.15) is 0 Å². The van der Waals surface area contributed by atoms with Gasteiger partial charge < -0.3 is 14.6 Å². The van der Waals surface area contributed by atoms with E-state index in [0.717, 1.165) is 22.9 Å². The number of ether oxygens (including phenoxy) is 1. The molecule has 0 amide bonds. The van der Waals surface area contributed by atoms with Crippen LogP contribution in [0, 0.1) is 0 Å². The fraction of sp³-hybridized carbons (Fsp3) is 0.500. The average molecular weight is 332 g/mol. The van der Waals surface area contributed by atoms with Crippen molar-refractivity contribution >= 4 is 23.7 Å². The van der Waals surface area contributed by atoms with Gasteiger partial charge in [0.2, 0.25) is 0 Å². The summed E-state index contributed by atoms with van der Waals surface area (Å²) >= 11 is 0.981. The molecule has 0 radical (unpaired) electrons. The third kappa shape index (κ3) is 6.73. The Balaban J connectivity index is 0.00000441. The minimum absolute atomic E-state index is 0. The molecule has 0 saturated heterocycles. The predicted octanol–water partition coefficient (Wildman–Crippen LogP) is -0.674. The van der Waals surface area contributed by atoms with Gasteiger partial charge in [0, 0.05) is 5.75 Å². The van der Waals surface area contributed by atoms with Gasteiger partial charge in [0.15, 0.2) is 0 Å². The second-order valence-electron chi connectivity index (χ2n) is 5.41. The summed E-state index contributed by atoms with van der Waals surface area (Å²) in [4.78, 5) is 22.2. The van der Waals surface area contributed by atoms with Crippen LogP contribution in [-0.4, -0.2) is 23.4 Å². The van der Waals surface area contributed by atoms with Crippen LogP contribution in [0.3, 0.4) is 0 Å². The van der Waals surface area contributed by atoms with E-state index in [2.05, 4.69) is 0 Å². The quantitative estimate of drug-likeness (QED) is 0.376.